The minimum absolute atomic E-state index is 0.0475. The number of hydrogen-bond acceptors (Lipinski definition) is 3. The van der Waals surface area contributed by atoms with Crippen molar-refractivity contribution in [1.29, 1.82) is 0 Å². The molecule has 1 aliphatic heterocycles. The van der Waals surface area contributed by atoms with Crippen LogP contribution in [-0.4, -0.2) is 17.6 Å². The molecule has 2 amide bonds. The number of fused-ring (bicyclic) bond motifs is 1. The van der Waals surface area contributed by atoms with E-state index in [1.54, 1.807) is 18.2 Å². The maximum atomic E-state index is 12.1. The lowest BCUT2D eigenvalue weighted by molar-refractivity contribution is -0.123. The molecule has 106 valence electrons. The van der Waals surface area contributed by atoms with Crippen LogP contribution in [0.4, 0.5) is 11.4 Å². The van der Waals surface area contributed by atoms with Gasteiger partial charge in [0.1, 0.15) is 6.42 Å². The van der Waals surface area contributed by atoms with Crippen LogP contribution < -0.4 is 10.6 Å². The van der Waals surface area contributed by atoms with Gasteiger partial charge in [0.2, 0.25) is 11.8 Å². The van der Waals surface area contributed by atoms with E-state index in [1.807, 2.05) is 0 Å². The van der Waals surface area contributed by atoms with Gasteiger partial charge in [0.15, 0.2) is 5.78 Å². The highest BCUT2D eigenvalue weighted by Gasteiger charge is 2.19. The molecule has 0 unspecified atom stereocenters. The molecule has 1 heterocycles. The second-order valence-electron chi connectivity index (χ2n) is 5.39. The van der Waals surface area contributed by atoms with Gasteiger partial charge in [-0.15, -0.1) is 0 Å². The molecule has 5 nitrogen and oxygen atoms in total. The first kappa shape index (κ1) is 14.2. The Hall–Kier alpha value is -2.17. The van der Waals surface area contributed by atoms with E-state index in [1.165, 1.54) is 0 Å². The molecule has 2 N–H and O–H groups in total. The lowest BCUT2D eigenvalue weighted by Crippen LogP contribution is -2.16. The smallest absolute Gasteiger partial charge is 0.233 e. The molecule has 0 saturated heterocycles. The predicted octanol–water partition coefficient (Wildman–Crippen LogP) is 2.59. The van der Waals surface area contributed by atoms with Crippen LogP contribution in [0.1, 0.15) is 43.5 Å². The molecule has 1 aromatic carbocycles. The third kappa shape index (κ3) is 3.44. The number of rotatable bonds is 4. The number of amides is 2. The number of Topliss-reactive ketones (excluding diaryl/α,β-unsaturated/α-hetero) is 1. The Morgan fingerprint density at radius 1 is 1.15 bits per heavy atom. The van der Waals surface area contributed by atoms with Gasteiger partial charge in [-0.05, 0) is 30.5 Å². The second-order valence-corrected chi connectivity index (χ2v) is 5.39. The zero-order valence-corrected chi connectivity index (χ0v) is 11.7. The normalized spacial score (nSPS) is 14.3. The third-order valence-corrected chi connectivity index (χ3v) is 3.16. The van der Waals surface area contributed by atoms with Crippen molar-refractivity contribution in [1.82, 2.24) is 0 Å². The molecule has 0 aliphatic carbocycles. The van der Waals surface area contributed by atoms with E-state index in [-0.39, 0.29) is 24.0 Å². The molecule has 0 radical (unpaired) electrons. The molecule has 5 heteroatoms. The van der Waals surface area contributed by atoms with Gasteiger partial charge < -0.3 is 10.6 Å². The molecule has 0 bridgehead atoms. The van der Waals surface area contributed by atoms with Crippen LogP contribution >= 0.6 is 0 Å². The maximum absolute atomic E-state index is 12.1. The third-order valence-electron chi connectivity index (χ3n) is 3.16. The zero-order chi connectivity index (χ0) is 14.7. The largest absolute Gasteiger partial charge is 0.324 e. The number of carbonyl (C=O) groups is 3. The molecule has 2 rings (SSSR count). The number of anilines is 2. The van der Waals surface area contributed by atoms with Gasteiger partial charge in [-0.3, -0.25) is 14.4 Å². The Labute approximate surface area is 117 Å². The van der Waals surface area contributed by atoms with E-state index >= 15 is 0 Å². The summed E-state index contributed by atoms with van der Waals surface area (Å²) in [7, 11) is 0. The van der Waals surface area contributed by atoms with Gasteiger partial charge in [0, 0.05) is 12.0 Å². The van der Waals surface area contributed by atoms with Gasteiger partial charge in [0.05, 0.1) is 11.4 Å². The van der Waals surface area contributed by atoms with E-state index in [2.05, 4.69) is 24.5 Å². The summed E-state index contributed by atoms with van der Waals surface area (Å²) in [5.74, 6) is -0.196. The minimum Gasteiger partial charge on any atom is -0.324 e. The lowest BCUT2D eigenvalue weighted by atomic mass is 10.0. The van der Waals surface area contributed by atoms with Crippen LogP contribution in [-0.2, 0) is 9.59 Å². The lowest BCUT2D eigenvalue weighted by Gasteiger charge is -2.09. The van der Waals surface area contributed by atoms with E-state index in [9.17, 15) is 14.4 Å². The SMILES string of the molecule is CC(C)CCC(=O)c1ccc2c(c1)NC(=O)CC(=O)N2. The van der Waals surface area contributed by atoms with Crippen LogP contribution in [0.2, 0.25) is 0 Å². The molecule has 0 spiro atoms. The van der Waals surface area contributed by atoms with E-state index in [0.29, 0.717) is 29.3 Å². The number of nitrogens with one attached hydrogen (secondary N) is 2. The molecule has 0 saturated carbocycles. The van der Waals surface area contributed by atoms with Crippen molar-refractivity contribution in [3.05, 3.63) is 23.8 Å². The maximum Gasteiger partial charge on any atom is 0.233 e. The summed E-state index contributed by atoms with van der Waals surface area (Å²) in [6, 6.07) is 4.96. The molecule has 0 fully saturated rings. The topological polar surface area (TPSA) is 75.3 Å². The Kier molecular flexibility index (Phi) is 4.17. The van der Waals surface area contributed by atoms with Gasteiger partial charge in [-0.25, -0.2) is 0 Å². The van der Waals surface area contributed by atoms with E-state index in [0.717, 1.165) is 6.42 Å². The molecule has 0 atom stereocenters. The zero-order valence-electron chi connectivity index (χ0n) is 11.7. The number of carbonyl (C=O) groups excluding carboxylic acids is 3. The fraction of sp³-hybridized carbons (Fsp3) is 0.400. The summed E-state index contributed by atoms with van der Waals surface area (Å²) in [5, 5.41) is 5.27. The monoisotopic (exact) mass is 274 g/mol. The summed E-state index contributed by atoms with van der Waals surface area (Å²) >= 11 is 0. The summed E-state index contributed by atoms with van der Waals surface area (Å²) in [4.78, 5) is 35.0. The fourth-order valence-corrected chi connectivity index (χ4v) is 2.03. The van der Waals surface area contributed by atoms with Crippen molar-refractivity contribution in [2.75, 3.05) is 10.6 Å². The van der Waals surface area contributed by atoms with Gasteiger partial charge in [-0.2, -0.15) is 0 Å². The van der Waals surface area contributed by atoms with Crippen molar-refractivity contribution in [2.24, 2.45) is 5.92 Å². The molecule has 0 aromatic heterocycles. The first-order valence-electron chi connectivity index (χ1n) is 6.72. The first-order chi connectivity index (χ1) is 9.45. The van der Waals surface area contributed by atoms with Crippen LogP contribution in [0.25, 0.3) is 0 Å². The quantitative estimate of drug-likeness (QED) is 0.654. The van der Waals surface area contributed by atoms with Crippen LogP contribution in [0.15, 0.2) is 18.2 Å². The molecule has 1 aromatic rings. The first-order valence-corrected chi connectivity index (χ1v) is 6.72. The molecular weight excluding hydrogens is 256 g/mol. The second kappa shape index (κ2) is 5.86. The average molecular weight is 274 g/mol. The van der Waals surface area contributed by atoms with Crippen molar-refractivity contribution in [2.45, 2.75) is 33.1 Å². The predicted molar refractivity (Wildman–Crippen MR) is 76.7 cm³/mol. The number of ketones is 1. The Bertz CT molecular complexity index is 564. The van der Waals surface area contributed by atoms with Gasteiger partial charge >= 0.3 is 0 Å². The summed E-state index contributed by atoms with van der Waals surface area (Å²) in [6.45, 7) is 4.14. The highest BCUT2D eigenvalue weighted by atomic mass is 16.2. The Morgan fingerprint density at radius 2 is 1.80 bits per heavy atom. The summed E-state index contributed by atoms with van der Waals surface area (Å²) in [5.41, 5.74) is 1.57. The van der Waals surface area contributed by atoms with Crippen molar-refractivity contribution >= 4 is 29.0 Å². The molecular formula is C15H18N2O3. The standard InChI is InChI=1S/C15H18N2O3/c1-9(2)3-6-13(18)10-4-5-11-12(7-10)17-15(20)8-14(19)16-11/h4-5,7,9H,3,6,8H2,1-2H3,(H,16,19)(H,17,20). The van der Waals surface area contributed by atoms with Gasteiger partial charge in [0.25, 0.3) is 0 Å². The highest BCUT2D eigenvalue weighted by molar-refractivity contribution is 6.14. The van der Waals surface area contributed by atoms with E-state index in [4.69, 9.17) is 0 Å². The van der Waals surface area contributed by atoms with Crippen molar-refractivity contribution in [3.63, 3.8) is 0 Å². The van der Waals surface area contributed by atoms with Crippen molar-refractivity contribution < 1.29 is 14.4 Å². The van der Waals surface area contributed by atoms with Crippen LogP contribution in [0, 0.1) is 5.92 Å². The average Bonchev–Trinajstić information content (AvgIpc) is 2.51. The van der Waals surface area contributed by atoms with Crippen LogP contribution in [0.3, 0.4) is 0 Å². The Balaban J connectivity index is 2.20. The van der Waals surface area contributed by atoms with Crippen LogP contribution in [0.5, 0.6) is 0 Å². The number of hydrogen-bond donors (Lipinski definition) is 2. The summed E-state index contributed by atoms with van der Waals surface area (Å²) < 4.78 is 0. The number of benzene rings is 1. The minimum atomic E-state index is -0.368. The highest BCUT2D eigenvalue weighted by Crippen LogP contribution is 2.26. The van der Waals surface area contributed by atoms with Gasteiger partial charge in [-0.1, -0.05) is 13.8 Å². The van der Waals surface area contributed by atoms with E-state index < -0.39 is 0 Å². The Morgan fingerprint density at radius 3 is 2.45 bits per heavy atom. The molecule has 20 heavy (non-hydrogen) atoms. The molecule has 1 aliphatic rings. The fourth-order valence-electron chi connectivity index (χ4n) is 2.03. The van der Waals surface area contributed by atoms with Crippen molar-refractivity contribution in [3.8, 4) is 0 Å². The summed E-state index contributed by atoms with van der Waals surface area (Å²) in [6.07, 6.45) is 1.11.